The van der Waals surface area contributed by atoms with Crippen molar-refractivity contribution in [2.45, 2.75) is 0 Å². The lowest BCUT2D eigenvalue weighted by molar-refractivity contribution is -0.384. The van der Waals surface area contributed by atoms with Crippen LogP contribution in [0.5, 0.6) is 0 Å². The highest BCUT2D eigenvalue weighted by atomic mass is 32.2. The minimum absolute atomic E-state index is 0.0172. The molecule has 3 aromatic rings. The average molecular weight is 443 g/mol. The lowest BCUT2D eigenvalue weighted by Crippen LogP contribution is -2.35. The van der Waals surface area contributed by atoms with Gasteiger partial charge in [-0.2, -0.15) is 15.1 Å². The van der Waals surface area contributed by atoms with Crippen LogP contribution in [0.4, 0.5) is 5.69 Å². The fraction of sp³-hybridized carbons (Fsp3) is 0. The molecule has 5 rings (SSSR count). The van der Waals surface area contributed by atoms with Gasteiger partial charge in [-0.1, -0.05) is 30.3 Å². The van der Waals surface area contributed by atoms with Crippen molar-refractivity contribution in [3.05, 3.63) is 93.7 Å². The molecular formula is C22H13N5O4S. The molecule has 0 atom stereocenters. The molecule has 32 heavy (non-hydrogen) atoms. The van der Waals surface area contributed by atoms with Crippen molar-refractivity contribution in [1.29, 1.82) is 5.41 Å². The van der Waals surface area contributed by atoms with Gasteiger partial charge in [0, 0.05) is 23.3 Å². The standard InChI is InChI=1S/C22H13N5O4S/c23-19-17(12-16-10-11-18(31-16)13-6-8-15(9-7-13)27(29)30)20(28)24-22-26(19)25-21(32-22)14-4-2-1-3-5-14/h1-12,23H. The second kappa shape index (κ2) is 7.75. The predicted octanol–water partition coefficient (Wildman–Crippen LogP) is 4.52. The van der Waals surface area contributed by atoms with Gasteiger partial charge in [-0.3, -0.25) is 20.3 Å². The number of nitrogens with zero attached hydrogens (tertiary/aromatic N) is 4. The molecule has 3 heterocycles. The van der Waals surface area contributed by atoms with E-state index in [4.69, 9.17) is 9.83 Å². The van der Waals surface area contributed by atoms with Crippen molar-refractivity contribution in [3.8, 4) is 11.3 Å². The Labute approximate surface area is 185 Å². The van der Waals surface area contributed by atoms with Crippen molar-refractivity contribution in [2.24, 2.45) is 10.1 Å². The molecule has 1 amide bonds. The number of amidine groups is 2. The highest BCUT2D eigenvalue weighted by Gasteiger charge is 2.36. The van der Waals surface area contributed by atoms with Gasteiger partial charge in [0.05, 0.1) is 10.5 Å². The van der Waals surface area contributed by atoms with Crippen LogP contribution in [-0.4, -0.2) is 31.9 Å². The lowest BCUT2D eigenvalue weighted by Gasteiger charge is -2.19. The van der Waals surface area contributed by atoms with Gasteiger partial charge in [0.25, 0.3) is 11.6 Å². The minimum atomic E-state index is -0.549. The predicted molar refractivity (Wildman–Crippen MR) is 121 cm³/mol. The van der Waals surface area contributed by atoms with E-state index in [0.717, 1.165) is 5.56 Å². The molecule has 2 aromatic carbocycles. The summed E-state index contributed by atoms with van der Waals surface area (Å²) in [5.41, 5.74) is 1.56. The number of hydrazone groups is 1. The van der Waals surface area contributed by atoms with Crippen LogP contribution >= 0.6 is 11.8 Å². The van der Waals surface area contributed by atoms with Gasteiger partial charge in [0.2, 0.25) is 5.17 Å². The molecule has 0 bridgehead atoms. The van der Waals surface area contributed by atoms with E-state index in [0.29, 0.717) is 27.3 Å². The van der Waals surface area contributed by atoms with Crippen LogP contribution in [0.2, 0.25) is 0 Å². The molecule has 0 saturated carbocycles. The van der Waals surface area contributed by atoms with Crippen molar-refractivity contribution >= 4 is 45.5 Å². The molecule has 1 N–H and O–H groups in total. The average Bonchev–Trinajstić information content (AvgIpc) is 3.45. The fourth-order valence-electron chi connectivity index (χ4n) is 3.16. The molecule has 0 unspecified atom stereocenters. The number of rotatable bonds is 4. The Morgan fingerprint density at radius 3 is 2.50 bits per heavy atom. The molecule has 0 radical (unpaired) electrons. The number of non-ortho nitro benzene ring substituents is 1. The zero-order valence-electron chi connectivity index (χ0n) is 16.3. The molecule has 9 nitrogen and oxygen atoms in total. The van der Waals surface area contributed by atoms with Crippen LogP contribution < -0.4 is 0 Å². The van der Waals surface area contributed by atoms with Gasteiger partial charge in [0.1, 0.15) is 16.6 Å². The fourth-order valence-corrected chi connectivity index (χ4v) is 4.06. The second-order valence-electron chi connectivity index (χ2n) is 6.80. The van der Waals surface area contributed by atoms with Crippen molar-refractivity contribution in [3.63, 3.8) is 0 Å². The molecule has 0 fully saturated rings. The number of thioether (sulfide) groups is 1. The summed E-state index contributed by atoms with van der Waals surface area (Å²) in [6.07, 6.45) is 1.44. The first-order valence-corrected chi connectivity index (χ1v) is 10.2. The maximum absolute atomic E-state index is 12.6. The zero-order valence-corrected chi connectivity index (χ0v) is 17.1. The number of hydrogen-bond acceptors (Lipinski definition) is 7. The Balaban J connectivity index is 1.42. The summed E-state index contributed by atoms with van der Waals surface area (Å²) >= 11 is 1.23. The number of fused-ring (bicyclic) bond motifs is 1. The number of nitro benzene ring substituents is 1. The molecular weight excluding hydrogens is 430 g/mol. The van der Waals surface area contributed by atoms with Crippen LogP contribution in [0.1, 0.15) is 11.3 Å². The Bertz CT molecular complexity index is 1360. The Morgan fingerprint density at radius 2 is 1.78 bits per heavy atom. The molecule has 0 spiro atoms. The molecule has 0 saturated heterocycles. The smallest absolute Gasteiger partial charge is 0.283 e. The van der Waals surface area contributed by atoms with Gasteiger partial charge in [0.15, 0.2) is 5.84 Å². The number of nitro groups is 1. The van der Waals surface area contributed by atoms with E-state index in [1.807, 2.05) is 30.3 Å². The number of amides is 1. The molecule has 2 aliphatic rings. The SMILES string of the molecule is N=C1C(=Cc2ccc(-c3ccc([N+](=O)[O-])cc3)o2)C(=O)N=C2SC(c3ccccc3)=NN12. The summed E-state index contributed by atoms with van der Waals surface area (Å²) in [6.45, 7) is 0. The summed E-state index contributed by atoms with van der Waals surface area (Å²) in [6, 6.07) is 18.8. The van der Waals surface area contributed by atoms with E-state index in [1.54, 1.807) is 24.3 Å². The third-order valence-corrected chi connectivity index (χ3v) is 5.71. The number of carbonyl (C=O) groups excluding carboxylic acids is 1. The van der Waals surface area contributed by atoms with E-state index in [9.17, 15) is 14.9 Å². The Morgan fingerprint density at radius 1 is 1.03 bits per heavy atom. The van der Waals surface area contributed by atoms with Crippen LogP contribution in [0.25, 0.3) is 17.4 Å². The minimum Gasteiger partial charge on any atom is -0.457 e. The highest BCUT2D eigenvalue weighted by Crippen LogP contribution is 2.31. The van der Waals surface area contributed by atoms with E-state index in [-0.39, 0.29) is 17.1 Å². The summed E-state index contributed by atoms with van der Waals surface area (Å²) in [5, 5.41) is 26.0. The largest absolute Gasteiger partial charge is 0.457 e. The van der Waals surface area contributed by atoms with E-state index in [1.165, 1.54) is 35.0 Å². The zero-order chi connectivity index (χ0) is 22.2. The summed E-state index contributed by atoms with van der Waals surface area (Å²) in [7, 11) is 0. The Hall–Kier alpha value is -4.31. The Kier molecular flexibility index (Phi) is 4.75. The number of benzene rings is 2. The molecule has 1 aromatic heterocycles. The van der Waals surface area contributed by atoms with Gasteiger partial charge >= 0.3 is 0 Å². The van der Waals surface area contributed by atoms with Crippen molar-refractivity contribution in [2.75, 3.05) is 0 Å². The van der Waals surface area contributed by atoms with Gasteiger partial charge in [-0.25, -0.2) is 0 Å². The monoisotopic (exact) mass is 443 g/mol. The molecule has 156 valence electrons. The molecule has 2 aliphatic heterocycles. The van der Waals surface area contributed by atoms with E-state index in [2.05, 4.69) is 10.1 Å². The van der Waals surface area contributed by atoms with Crippen LogP contribution in [0.3, 0.4) is 0 Å². The highest BCUT2D eigenvalue weighted by molar-refractivity contribution is 8.27. The van der Waals surface area contributed by atoms with Gasteiger partial charge in [-0.05, 0) is 42.1 Å². The first-order chi connectivity index (χ1) is 15.5. The number of hydrogen-bond donors (Lipinski definition) is 1. The third-order valence-electron chi connectivity index (χ3n) is 4.75. The lowest BCUT2D eigenvalue weighted by atomic mass is 10.1. The van der Waals surface area contributed by atoms with Crippen LogP contribution in [-0.2, 0) is 4.79 Å². The van der Waals surface area contributed by atoms with Gasteiger partial charge in [-0.15, -0.1) is 0 Å². The third kappa shape index (κ3) is 3.52. The van der Waals surface area contributed by atoms with Crippen molar-refractivity contribution in [1.82, 2.24) is 5.01 Å². The first kappa shape index (κ1) is 19.6. The van der Waals surface area contributed by atoms with Crippen molar-refractivity contribution < 1.29 is 14.1 Å². The summed E-state index contributed by atoms with van der Waals surface area (Å²) < 4.78 is 5.77. The number of aliphatic imine (C=N–C) groups is 1. The maximum Gasteiger partial charge on any atom is 0.283 e. The van der Waals surface area contributed by atoms with Crippen LogP contribution in [0.15, 0.2) is 86.8 Å². The maximum atomic E-state index is 12.6. The topological polar surface area (TPSA) is 125 Å². The van der Waals surface area contributed by atoms with Crippen LogP contribution in [0, 0.1) is 15.5 Å². The first-order valence-electron chi connectivity index (χ1n) is 9.40. The molecule has 0 aliphatic carbocycles. The van der Waals surface area contributed by atoms with E-state index < -0.39 is 10.8 Å². The normalized spacial score (nSPS) is 16.8. The molecule has 10 heteroatoms. The number of carbonyl (C=O) groups is 1. The number of nitrogens with one attached hydrogen (secondary N) is 1. The summed E-state index contributed by atoms with van der Waals surface area (Å²) in [5.74, 6) is 0.189. The van der Waals surface area contributed by atoms with E-state index >= 15 is 0 Å². The quantitative estimate of drug-likeness (QED) is 0.359. The summed E-state index contributed by atoms with van der Waals surface area (Å²) in [4.78, 5) is 27.0. The van der Waals surface area contributed by atoms with Gasteiger partial charge < -0.3 is 4.42 Å². The number of furan rings is 1. The second-order valence-corrected chi connectivity index (χ2v) is 7.75.